The average molecular weight is 406 g/mol. The number of benzene rings is 1. The molecule has 1 aromatic carbocycles. The summed E-state index contributed by atoms with van der Waals surface area (Å²) in [7, 11) is 0. The summed E-state index contributed by atoms with van der Waals surface area (Å²) in [5.74, 6) is -1.83. The van der Waals surface area contributed by atoms with E-state index in [0.29, 0.717) is 18.9 Å². The topological polar surface area (TPSA) is 75.4 Å². The van der Waals surface area contributed by atoms with Crippen LogP contribution in [0.25, 0.3) is 0 Å². The Morgan fingerprint density at radius 2 is 1.70 bits per heavy atom. The van der Waals surface area contributed by atoms with E-state index in [4.69, 9.17) is 17.3 Å². The van der Waals surface area contributed by atoms with E-state index in [-0.39, 0.29) is 11.7 Å². The highest BCUT2D eigenvalue weighted by molar-refractivity contribution is 6.40. The third kappa shape index (κ3) is 4.55. The van der Waals surface area contributed by atoms with Gasteiger partial charge in [0.1, 0.15) is 0 Å². The van der Waals surface area contributed by atoms with Crippen molar-refractivity contribution < 1.29 is 22.8 Å². The molecule has 9 heteroatoms. The molecule has 0 radical (unpaired) electrons. The van der Waals surface area contributed by atoms with Crippen molar-refractivity contribution in [3.8, 4) is 0 Å². The number of alkyl halides is 3. The van der Waals surface area contributed by atoms with Crippen LogP contribution in [0.4, 0.5) is 18.9 Å². The Labute approximate surface area is 161 Å². The molecule has 0 saturated carbocycles. The lowest BCUT2D eigenvalue weighted by atomic mass is 9.77. The highest BCUT2D eigenvalue weighted by Crippen LogP contribution is 2.38. The largest absolute Gasteiger partial charge is 0.417 e. The maximum Gasteiger partial charge on any atom is 0.417 e. The summed E-state index contributed by atoms with van der Waals surface area (Å²) in [6.07, 6.45) is -3.65. The van der Waals surface area contributed by atoms with Gasteiger partial charge in [0, 0.05) is 22.8 Å². The molecule has 1 aromatic rings. The average Bonchev–Trinajstić information content (AvgIpc) is 2.44. The molecule has 0 atom stereocenters. The predicted molar refractivity (Wildman–Crippen MR) is 97.3 cm³/mol. The standard InChI is InChI=1S/C18H23ClF3N3O2/c1-16(2)8-10(23)9-17(3,4)25(16)15(27)14(26)24-11-5-6-13(19)12(7-11)18(20,21)22/h5-7,10H,8-9,23H2,1-4H3,(H,24,26). The molecule has 5 nitrogen and oxygen atoms in total. The monoisotopic (exact) mass is 405 g/mol. The van der Waals surface area contributed by atoms with Crippen molar-refractivity contribution in [1.82, 2.24) is 4.90 Å². The van der Waals surface area contributed by atoms with E-state index in [1.807, 2.05) is 27.7 Å². The lowest BCUT2D eigenvalue weighted by Crippen LogP contribution is -2.66. The predicted octanol–water partition coefficient (Wildman–Crippen LogP) is 3.80. The normalized spacial score (nSPS) is 19.7. The Kier molecular flexibility index (Phi) is 5.56. The van der Waals surface area contributed by atoms with Crippen LogP contribution in [0.2, 0.25) is 5.02 Å². The minimum Gasteiger partial charge on any atom is -0.328 e. The Balaban J connectivity index is 2.27. The first kappa shape index (κ1) is 21.5. The van der Waals surface area contributed by atoms with Crippen molar-refractivity contribution in [2.24, 2.45) is 5.73 Å². The second-order valence-electron chi connectivity index (χ2n) is 8.08. The van der Waals surface area contributed by atoms with Gasteiger partial charge in [-0.1, -0.05) is 11.6 Å². The summed E-state index contributed by atoms with van der Waals surface area (Å²) >= 11 is 5.57. The molecular weight excluding hydrogens is 383 g/mol. The van der Waals surface area contributed by atoms with Crippen molar-refractivity contribution in [2.75, 3.05) is 5.32 Å². The number of hydrogen-bond donors (Lipinski definition) is 2. The van der Waals surface area contributed by atoms with Gasteiger partial charge in [0.25, 0.3) is 0 Å². The van der Waals surface area contributed by atoms with Crippen molar-refractivity contribution in [3.63, 3.8) is 0 Å². The smallest absolute Gasteiger partial charge is 0.328 e. The first-order valence-electron chi connectivity index (χ1n) is 8.43. The zero-order chi connectivity index (χ0) is 20.8. The zero-order valence-electron chi connectivity index (χ0n) is 15.6. The van der Waals surface area contributed by atoms with Crippen LogP contribution in [-0.4, -0.2) is 33.8 Å². The number of nitrogens with one attached hydrogen (secondary N) is 1. The first-order chi connectivity index (χ1) is 12.1. The maximum atomic E-state index is 13.0. The van der Waals surface area contributed by atoms with E-state index in [9.17, 15) is 22.8 Å². The van der Waals surface area contributed by atoms with Crippen LogP contribution < -0.4 is 11.1 Å². The van der Waals surface area contributed by atoms with Gasteiger partial charge in [0.05, 0.1) is 10.6 Å². The molecular formula is C18H23ClF3N3O2. The van der Waals surface area contributed by atoms with E-state index in [1.54, 1.807) is 0 Å². The van der Waals surface area contributed by atoms with Crippen LogP contribution in [0.15, 0.2) is 18.2 Å². The molecule has 2 rings (SSSR count). The molecule has 0 unspecified atom stereocenters. The molecule has 1 heterocycles. The van der Waals surface area contributed by atoms with Crippen LogP contribution in [0, 0.1) is 0 Å². The van der Waals surface area contributed by atoms with E-state index >= 15 is 0 Å². The first-order valence-corrected chi connectivity index (χ1v) is 8.81. The Hall–Kier alpha value is -1.80. The number of halogens is 4. The summed E-state index contributed by atoms with van der Waals surface area (Å²) in [6.45, 7) is 7.23. The summed E-state index contributed by atoms with van der Waals surface area (Å²) in [5.41, 5.74) is 3.47. The summed E-state index contributed by atoms with van der Waals surface area (Å²) < 4.78 is 38.9. The number of hydrogen-bond acceptors (Lipinski definition) is 3. The third-order valence-electron chi connectivity index (χ3n) is 4.66. The van der Waals surface area contributed by atoms with Crippen LogP contribution in [0.1, 0.15) is 46.1 Å². The van der Waals surface area contributed by atoms with Gasteiger partial charge in [-0.25, -0.2) is 0 Å². The third-order valence-corrected chi connectivity index (χ3v) is 4.99. The lowest BCUT2D eigenvalue weighted by molar-refractivity contribution is -0.156. The number of amides is 2. The molecule has 0 spiro atoms. The van der Waals surface area contributed by atoms with Crippen LogP contribution >= 0.6 is 11.6 Å². The SMILES string of the molecule is CC1(C)CC(N)CC(C)(C)N1C(=O)C(=O)Nc1ccc(Cl)c(C(F)(F)F)c1. The summed E-state index contributed by atoms with van der Waals surface area (Å²) in [4.78, 5) is 26.7. The molecule has 27 heavy (non-hydrogen) atoms. The number of carbonyl (C=O) groups excluding carboxylic acids is 2. The molecule has 1 aliphatic heterocycles. The number of nitrogens with two attached hydrogens (primary N) is 1. The molecule has 0 aliphatic carbocycles. The van der Waals surface area contributed by atoms with Gasteiger partial charge in [0.2, 0.25) is 0 Å². The molecule has 1 fully saturated rings. The van der Waals surface area contributed by atoms with E-state index in [1.165, 1.54) is 11.0 Å². The second-order valence-corrected chi connectivity index (χ2v) is 8.49. The number of nitrogens with zero attached hydrogens (tertiary/aromatic N) is 1. The van der Waals surface area contributed by atoms with Gasteiger partial charge in [-0.05, 0) is 58.7 Å². The molecule has 1 aliphatic rings. The van der Waals surface area contributed by atoms with E-state index in [0.717, 1.165) is 6.07 Å². The molecule has 0 bridgehead atoms. The molecule has 150 valence electrons. The minimum absolute atomic E-state index is 0.118. The fraction of sp³-hybridized carbons (Fsp3) is 0.556. The molecule has 0 aromatic heterocycles. The summed E-state index contributed by atoms with van der Waals surface area (Å²) in [5, 5.41) is 1.76. The van der Waals surface area contributed by atoms with Gasteiger partial charge < -0.3 is 16.0 Å². The number of carbonyl (C=O) groups is 2. The Morgan fingerprint density at radius 1 is 1.19 bits per heavy atom. The maximum absolute atomic E-state index is 13.0. The minimum atomic E-state index is -4.67. The number of likely N-dealkylation sites (tertiary alicyclic amines) is 1. The van der Waals surface area contributed by atoms with Gasteiger partial charge in [-0.3, -0.25) is 9.59 Å². The van der Waals surface area contributed by atoms with E-state index in [2.05, 4.69) is 5.32 Å². The summed E-state index contributed by atoms with van der Waals surface area (Å²) in [6, 6.07) is 2.83. The number of rotatable bonds is 1. The van der Waals surface area contributed by atoms with Crippen LogP contribution in [-0.2, 0) is 15.8 Å². The van der Waals surface area contributed by atoms with Crippen molar-refractivity contribution in [2.45, 2.75) is 63.8 Å². The van der Waals surface area contributed by atoms with Crippen molar-refractivity contribution in [1.29, 1.82) is 0 Å². The van der Waals surface area contributed by atoms with Gasteiger partial charge in [-0.15, -0.1) is 0 Å². The Morgan fingerprint density at radius 3 is 2.19 bits per heavy atom. The van der Waals surface area contributed by atoms with Crippen molar-refractivity contribution in [3.05, 3.63) is 28.8 Å². The van der Waals surface area contributed by atoms with Gasteiger partial charge in [0.15, 0.2) is 0 Å². The second kappa shape index (κ2) is 6.98. The molecule has 3 N–H and O–H groups in total. The molecule has 1 saturated heterocycles. The highest BCUT2D eigenvalue weighted by Gasteiger charge is 2.48. The van der Waals surface area contributed by atoms with Gasteiger partial charge >= 0.3 is 18.0 Å². The van der Waals surface area contributed by atoms with Gasteiger partial charge in [-0.2, -0.15) is 13.2 Å². The van der Waals surface area contributed by atoms with Crippen LogP contribution in [0.5, 0.6) is 0 Å². The molecule has 2 amide bonds. The zero-order valence-corrected chi connectivity index (χ0v) is 16.3. The highest BCUT2D eigenvalue weighted by atomic mass is 35.5. The van der Waals surface area contributed by atoms with Crippen molar-refractivity contribution >= 4 is 29.1 Å². The number of anilines is 1. The van der Waals surface area contributed by atoms with E-state index < -0.39 is 39.7 Å². The quantitative estimate of drug-likeness (QED) is 0.698. The number of piperidine rings is 1. The fourth-order valence-electron chi connectivity index (χ4n) is 4.01. The van der Waals surface area contributed by atoms with Crippen LogP contribution in [0.3, 0.4) is 0 Å². The fourth-order valence-corrected chi connectivity index (χ4v) is 4.24. The lowest BCUT2D eigenvalue weighted by Gasteiger charge is -2.54. The Bertz CT molecular complexity index is 745.